The molecule has 1 fully saturated rings. The highest BCUT2D eigenvalue weighted by atomic mass is 35.5. The molecule has 0 unspecified atom stereocenters. The number of amides is 1. The van der Waals surface area contributed by atoms with Crippen molar-refractivity contribution in [3.63, 3.8) is 0 Å². The Hall–Kier alpha value is -2.64. The molecule has 1 amide bonds. The van der Waals surface area contributed by atoms with E-state index in [0.717, 1.165) is 31.7 Å². The van der Waals surface area contributed by atoms with Gasteiger partial charge >= 0.3 is 0 Å². The van der Waals surface area contributed by atoms with Gasteiger partial charge in [0.1, 0.15) is 11.9 Å². The van der Waals surface area contributed by atoms with E-state index in [0.29, 0.717) is 16.9 Å². The molecule has 0 aliphatic carbocycles. The Balaban J connectivity index is 1.46. The first-order valence-electron chi connectivity index (χ1n) is 8.48. The Kier molecular flexibility index (Phi) is 4.73. The lowest BCUT2D eigenvalue weighted by molar-refractivity contribution is 0.102. The molecule has 3 heterocycles. The summed E-state index contributed by atoms with van der Waals surface area (Å²) in [4.78, 5) is 16.5. The molecule has 1 aromatic carbocycles. The molecule has 0 saturated carbocycles. The smallest absolute Gasteiger partial charge is 0.257 e. The van der Waals surface area contributed by atoms with Crippen LogP contribution >= 0.6 is 11.6 Å². The molecule has 26 heavy (non-hydrogen) atoms. The number of carbonyl (C=O) groups excluding carboxylic acids is 1. The van der Waals surface area contributed by atoms with Crippen molar-refractivity contribution in [3.8, 4) is 5.75 Å². The molecule has 3 aromatic rings. The zero-order valence-corrected chi connectivity index (χ0v) is 14.7. The maximum Gasteiger partial charge on any atom is 0.257 e. The Labute approximate surface area is 155 Å². The Morgan fingerprint density at radius 1 is 1.27 bits per heavy atom. The number of carbonyl (C=O) groups is 1. The third kappa shape index (κ3) is 3.79. The molecule has 1 aliphatic rings. The topological polar surface area (TPSA) is 80.5 Å². The van der Waals surface area contributed by atoms with Crippen molar-refractivity contribution in [1.82, 2.24) is 19.9 Å². The Morgan fingerprint density at radius 3 is 2.96 bits per heavy atom. The van der Waals surface area contributed by atoms with Gasteiger partial charge in [-0.05, 0) is 61.8 Å². The lowest BCUT2D eigenvalue weighted by atomic mass is 10.1. The lowest BCUT2D eigenvalue weighted by Gasteiger charge is -2.24. The van der Waals surface area contributed by atoms with Gasteiger partial charge in [-0.25, -0.2) is 4.52 Å². The molecule has 1 aliphatic heterocycles. The summed E-state index contributed by atoms with van der Waals surface area (Å²) in [5.41, 5.74) is 1.73. The van der Waals surface area contributed by atoms with E-state index in [1.54, 1.807) is 18.3 Å². The lowest BCUT2D eigenvalue weighted by Crippen LogP contribution is -2.34. The van der Waals surface area contributed by atoms with Crippen molar-refractivity contribution < 1.29 is 9.53 Å². The number of nitrogens with one attached hydrogen (secondary N) is 2. The van der Waals surface area contributed by atoms with Gasteiger partial charge in [0.05, 0.1) is 5.56 Å². The fourth-order valence-corrected chi connectivity index (χ4v) is 3.11. The standard InChI is InChI=1S/C18H18ClN5O2/c19-18-22-16-5-4-12(11-24(16)23-18)17(25)21-13-2-1-3-15(10-13)26-14-6-8-20-9-7-14/h1-5,10-11,14,20H,6-9H2,(H,21,25). The van der Waals surface area contributed by atoms with E-state index in [2.05, 4.69) is 20.7 Å². The third-order valence-corrected chi connectivity index (χ3v) is 4.41. The van der Waals surface area contributed by atoms with Crippen molar-refractivity contribution in [1.29, 1.82) is 0 Å². The fourth-order valence-electron chi connectivity index (χ4n) is 2.95. The van der Waals surface area contributed by atoms with Crippen LogP contribution in [0.5, 0.6) is 5.75 Å². The summed E-state index contributed by atoms with van der Waals surface area (Å²) in [5, 5.41) is 10.3. The van der Waals surface area contributed by atoms with Gasteiger partial charge in [0.25, 0.3) is 5.91 Å². The number of hydrogen-bond acceptors (Lipinski definition) is 5. The summed E-state index contributed by atoms with van der Waals surface area (Å²) in [6.07, 6.45) is 3.77. The molecule has 0 bridgehead atoms. The molecule has 1 saturated heterocycles. The quantitative estimate of drug-likeness (QED) is 0.737. The minimum Gasteiger partial charge on any atom is -0.490 e. The van der Waals surface area contributed by atoms with Gasteiger partial charge in [-0.1, -0.05) is 6.07 Å². The molecule has 134 valence electrons. The second-order valence-electron chi connectivity index (χ2n) is 6.15. The maximum atomic E-state index is 12.5. The monoisotopic (exact) mass is 371 g/mol. The Morgan fingerprint density at radius 2 is 2.12 bits per heavy atom. The number of pyridine rings is 1. The van der Waals surface area contributed by atoms with Crippen molar-refractivity contribution in [2.75, 3.05) is 18.4 Å². The average Bonchev–Trinajstić information content (AvgIpc) is 3.02. The van der Waals surface area contributed by atoms with Gasteiger partial charge in [0.15, 0.2) is 5.65 Å². The first-order chi connectivity index (χ1) is 12.7. The molecular weight excluding hydrogens is 354 g/mol. The van der Waals surface area contributed by atoms with Crippen molar-refractivity contribution in [3.05, 3.63) is 53.4 Å². The van der Waals surface area contributed by atoms with Crippen LogP contribution in [-0.4, -0.2) is 39.7 Å². The normalized spacial score (nSPS) is 15.1. The summed E-state index contributed by atoms with van der Waals surface area (Å²) in [7, 11) is 0. The molecule has 2 aromatic heterocycles. The second-order valence-corrected chi connectivity index (χ2v) is 6.49. The van der Waals surface area contributed by atoms with Crippen molar-refractivity contribution in [2.24, 2.45) is 0 Å². The van der Waals surface area contributed by atoms with E-state index in [1.165, 1.54) is 4.52 Å². The van der Waals surface area contributed by atoms with Crippen LogP contribution in [0, 0.1) is 0 Å². The number of aromatic nitrogens is 3. The second kappa shape index (κ2) is 7.31. The van der Waals surface area contributed by atoms with E-state index < -0.39 is 0 Å². The van der Waals surface area contributed by atoms with Gasteiger partial charge in [-0.3, -0.25) is 4.79 Å². The number of piperidine rings is 1. The molecule has 8 heteroatoms. The van der Waals surface area contributed by atoms with Crippen LogP contribution in [-0.2, 0) is 0 Å². The van der Waals surface area contributed by atoms with Crippen LogP contribution in [0.2, 0.25) is 5.28 Å². The average molecular weight is 372 g/mol. The summed E-state index contributed by atoms with van der Waals surface area (Å²) >= 11 is 5.78. The van der Waals surface area contributed by atoms with Crippen molar-refractivity contribution in [2.45, 2.75) is 18.9 Å². The maximum absolute atomic E-state index is 12.5. The summed E-state index contributed by atoms with van der Waals surface area (Å²) in [5.74, 6) is 0.519. The number of ether oxygens (including phenoxy) is 1. The van der Waals surface area contributed by atoms with E-state index in [-0.39, 0.29) is 17.3 Å². The van der Waals surface area contributed by atoms with Crippen LogP contribution in [0.1, 0.15) is 23.2 Å². The summed E-state index contributed by atoms with van der Waals surface area (Å²) < 4.78 is 7.50. The predicted octanol–water partition coefficient (Wildman–Crippen LogP) is 2.77. The minimum atomic E-state index is -0.238. The van der Waals surface area contributed by atoms with E-state index in [9.17, 15) is 4.79 Å². The molecule has 4 rings (SSSR count). The first kappa shape index (κ1) is 16.8. The zero-order valence-electron chi connectivity index (χ0n) is 14.0. The number of fused-ring (bicyclic) bond motifs is 1. The van der Waals surface area contributed by atoms with Crippen molar-refractivity contribution >= 4 is 28.8 Å². The van der Waals surface area contributed by atoms with E-state index >= 15 is 0 Å². The molecule has 7 nitrogen and oxygen atoms in total. The van der Waals surface area contributed by atoms with Gasteiger partial charge in [-0.2, -0.15) is 4.98 Å². The predicted molar refractivity (Wildman–Crippen MR) is 98.9 cm³/mol. The highest BCUT2D eigenvalue weighted by Gasteiger charge is 2.15. The highest BCUT2D eigenvalue weighted by Crippen LogP contribution is 2.21. The molecule has 0 spiro atoms. The number of hydrogen-bond donors (Lipinski definition) is 2. The van der Waals surface area contributed by atoms with Crippen LogP contribution in [0.3, 0.4) is 0 Å². The van der Waals surface area contributed by atoms with Gasteiger partial charge in [0, 0.05) is 18.0 Å². The van der Waals surface area contributed by atoms with Crippen LogP contribution in [0.4, 0.5) is 5.69 Å². The van der Waals surface area contributed by atoms with Crippen LogP contribution in [0.25, 0.3) is 5.65 Å². The van der Waals surface area contributed by atoms with E-state index in [1.807, 2.05) is 24.3 Å². The highest BCUT2D eigenvalue weighted by molar-refractivity contribution is 6.28. The Bertz CT molecular complexity index is 936. The van der Waals surface area contributed by atoms with Crippen LogP contribution < -0.4 is 15.4 Å². The molecule has 2 N–H and O–H groups in total. The number of benzene rings is 1. The third-order valence-electron chi connectivity index (χ3n) is 4.25. The van der Waals surface area contributed by atoms with E-state index in [4.69, 9.17) is 16.3 Å². The number of halogens is 1. The number of anilines is 1. The van der Waals surface area contributed by atoms with Gasteiger partial charge in [-0.15, -0.1) is 5.10 Å². The molecule has 0 atom stereocenters. The molecule has 0 radical (unpaired) electrons. The fraction of sp³-hybridized carbons (Fsp3) is 0.278. The van der Waals surface area contributed by atoms with Crippen LogP contribution in [0.15, 0.2) is 42.6 Å². The van der Waals surface area contributed by atoms with Gasteiger partial charge < -0.3 is 15.4 Å². The molecular formula is C18H18ClN5O2. The minimum absolute atomic E-state index is 0.144. The summed E-state index contributed by atoms with van der Waals surface area (Å²) in [6, 6.07) is 10.8. The largest absolute Gasteiger partial charge is 0.490 e. The summed E-state index contributed by atoms with van der Waals surface area (Å²) in [6.45, 7) is 1.94. The SMILES string of the molecule is O=C(Nc1cccc(OC2CCNCC2)c1)c1ccc2nc(Cl)nn2c1. The zero-order chi connectivity index (χ0) is 17.9. The number of rotatable bonds is 4. The number of nitrogens with zero attached hydrogens (tertiary/aromatic N) is 3. The first-order valence-corrected chi connectivity index (χ1v) is 8.86. The van der Waals surface area contributed by atoms with Gasteiger partial charge in [0.2, 0.25) is 5.28 Å².